The van der Waals surface area contributed by atoms with Crippen molar-refractivity contribution >= 4 is 27.0 Å². The third-order valence-electron chi connectivity index (χ3n) is 8.82. The summed E-state index contributed by atoms with van der Waals surface area (Å²) in [6.45, 7) is 8.94. The van der Waals surface area contributed by atoms with Gasteiger partial charge >= 0.3 is 41.9 Å². The van der Waals surface area contributed by atoms with Crippen molar-refractivity contribution in [3.05, 3.63) is 203 Å². The Morgan fingerprint density at radius 3 is 1.12 bits per heavy atom. The van der Waals surface area contributed by atoms with Gasteiger partial charge in [0, 0.05) is 0 Å². The van der Waals surface area contributed by atoms with Crippen LogP contribution in [0.15, 0.2) is 170 Å². The van der Waals surface area contributed by atoms with Gasteiger partial charge in [-0.15, -0.1) is 69.1 Å². The van der Waals surface area contributed by atoms with Crippen LogP contribution in [-0.2, 0) is 36.2 Å². The molecule has 0 aliphatic heterocycles. The van der Waals surface area contributed by atoms with Gasteiger partial charge in [-0.05, 0) is 46.2 Å². The van der Waals surface area contributed by atoms with E-state index in [0.29, 0.717) is 0 Å². The first-order valence-electron chi connectivity index (χ1n) is 17.4. The summed E-state index contributed by atoms with van der Waals surface area (Å²) in [6.07, 6.45) is 1.97. The Morgan fingerprint density at radius 1 is 0.442 bits per heavy atom. The van der Waals surface area contributed by atoms with Gasteiger partial charge in [-0.25, -0.2) is 0 Å². The Balaban J connectivity index is 0.000000204. The molecule has 0 radical (unpaired) electrons. The normalized spacial score (nSPS) is 10.3. The molecule has 52 heavy (non-hydrogen) atoms. The summed E-state index contributed by atoms with van der Waals surface area (Å²) in [5, 5.41) is 5.35. The number of hydrogen-bond acceptors (Lipinski definition) is 0. The van der Waals surface area contributed by atoms with Crippen LogP contribution < -0.4 is 24.8 Å². The first-order chi connectivity index (χ1) is 24.3. The van der Waals surface area contributed by atoms with Crippen LogP contribution in [0.5, 0.6) is 0 Å². The van der Waals surface area contributed by atoms with Crippen molar-refractivity contribution in [3.8, 4) is 22.3 Å². The Kier molecular flexibility index (Phi) is 15.7. The van der Waals surface area contributed by atoms with Crippen LogP contribution in [0.25, 0.3) is 43.8 Å². The first kappa shape index (κ1) is 41.0. The maximum absolute atomic E-state index is 2.31. The second kappa shape index (κ2) is 19.9. The van der Waals surface area contributed by atoms with Gasteiger partial charge in [-0.1, -0.05) is 146 Å². The minimum atomic E-state index is 0. The van der Waals surface area contributed by atoms with Gasteiger partial charge in [0.25, 0.3) is 0 Å². The molecule has 0 bridgehead atoms. The topological polar surface area (TPSA) is 0 Å². The van der Waals surface area contributed by atoms with Crippen molar-refractivity contribution in [1.29, 1.82) is 0 Å². The molecule has 0 nitrogen and oxygen atoms in total. The predicted octanol–water partition coefficient (Wildman–Crippen LogP) is 7.04. The molecule has 0 heterocycles. The van der Waals surface area contributed by atoms with Crippen molar-refractivity contribution < 1.29 is 48.1 Å². The van der Waals surface area contributed by atoms with E-state index in [0.717, 1.165) is 12.8 Å². The van der Waals surface area contributed by atoms with Gasteiger partial charge < -0.3 is 24.8 Å². The van der Waals surface area contributed by atoms with E-state index in [1.165, 1.54) is 77.2 Å². The molecule has 0 aliphatic rings. The first-order valence-corrected chi connectivity index (χ1v) is 23.6. The van der Waals surface area contributed by atoms with Gasteiger partial charge in [0.15, 0.2) is 0 Å². The molecule has 8 aromatic rings. The molecule has 0 aliphatic carbocycles. The molecule has 0 saturated carbocycles. The molecule has 0 N–H and O–H groups in total. The van der Waals surface area contributed by atoms with Crippen LogP contribution in [0.4, 0.5) is 0 Å². The second-order valence-corrected chi connectivity index (χ2v) is 22.8. The largest absolute Gasteiger partial charge is 1.00 e. The summed E-state index contributed by atoms with van der Waals surface area (Å²) in [7, 11) is 0. The molecular weight excluding hydrogens is 767 g/mol. The third-order valence-corrected chi connectivity index (χ3v) is 8.82. The maximum atomic E-state index is 2.31. The molecule has 0 unspecified atom stereocenters. The number of benzene rings is 6. The van der Waals surface area contributed by atoms with Crippen LogP contribution in [0, 0.1) is 13.8 Å². The zero-order valence-electron chi connectivity index (χ0n) is 30.3. The van der Waals surface area contributed by atoms with Crippen LogP contribution in [0.1, 0.15) is 33.4 Å². The van der Waals surface area contributed by atoms with E-state index in [9.17, 15) is 0 Å². The molecule has 4 heteroatoms. The molecule has 8 rings (SSSR count). The van der Waals surface area contributed by atoms with Crippen molar-refractivity contribution in [2.24, 2.45) is 0 Å². The summed E-state index contributed by atoms with van der Waals surface area (Å²) >= 11 is 1.74. The van der Waals surface area contributed by atoms with Gasteiger partial charge in [-0.3, -0.25) is 0 Å². The van der Waals surface area contributed by atoms with Crippen LogP contribution in [-0.4, -0.2) is 5.43 Å². The van der Waals surface area contributed by atoms with E-state index in [4.69, 9.17) is 0 Å². The Labute approximate surface area is 337 Å². The average molecular weight is 811 g/mol. The molecule has 0 saturated heterocycles. The predicted molar refractivity (Wildman–Crippen MR) is 215 cm³/mol. The molecule has 0 atom stereocenters. The zero-order chi connectivity index (χ0) is 34.9. The molecule has 0 spiro atoms. The van der Waals surface area contributed by atoms with Gasteiger partial charge in [0.2, 0.25) is 0 Å². The molecule has 0 fully saturated rings. The van der Waals surface area contributed by atoms with E-state index in [2.05, 4.69) is 197 Å². The molecule has 0 amide bonds. The maximum Gasteiger partial charge on any atom is -0.00258 e. The Bertz CT molecular complexity index is 2130. The summed E-state index contributed by atoms with van der Waals surface area (Å²) in [4.78, 5) is 0. The van der Waals surface area contributed by atoms with E-state index >= 15 is 0 Å². The third kappa shape index (κ3) is 11.1. The number of halogens is 2. The summed E-state index contributed by atoms with van der Waals surface area (Å²) in [5.74, 6) is 0. The van der Waals surface area contributed by atoms with E-state index in [1.807, 2.05) is 0 Å². The van der Waals surface area contributed by atoms with Crippen molar-refractivity contribution in [3.63, 3.8) is 0 Å². The Morgan fingerprint density at radius 2 is 0.769 bits per heavy atom. The summed E-state index contributed by atoms with van der Waals surface area (Å²) < 4.78 is 0. The minimum absolute atomic E-state index is 0. The quantitative estimate of drug-likeness (QED) is 0.125. The number of aryl methyl sites for hydroxylation is 2. The fourth-order valence-electron chi connectivity index (χ4n) is 6.54. The van der Waals surface area contributed by atoms with Gasteiger partial charge in [-0.2, -0.15) is 12.1 Å². The van der Waals surface area contributed by atoms with E-state index in [1.54, 1.807) is 23.3 Å². The number of rotatable bonds is 6. The molecule has 8 aromatic carbocycles. The number of hydrogen-bond donors (Lipinski definition) is 0. The Hall–Kier alpha value is -3.78. The standard InChI is InChI=1S/2C23H19.C2H6Si.2ClH.Zr/c2*1-17-14-21-8-5-9-22(23(21)15-17)20-12-10-19(11-13-20)16-18-6-3-2-4-7-18;1-3-2;;;/h2*2-15H,16H2,1H3;1-2H3;2*1H;/q2*-1;;;;+2/p-2. The average Bonchev–Trinajstić information content (AvgIpc) is 3.71. The van der Waals surface area contributed by atoms with Crippen molar-refractivity contribution in [1.82, 2.24) is 0 Å². The van der Waals surface area contributed by atoms with Crippen LogP contribution in [0.2, 0.25) is 13.1 Å². The zero-order valence-corrected chi connectivity index (χ0v) is 35.3. The van der Waals surface area contributed by atoms with E-state index < -0.39 is 0 Å². The van der Waals surface area contributed by atoms with E-state index in [-0.39, 0.29) is 30.2 Å². The van der Waals surface area contributed by atoms with Gasteiger partial charge in [0.1, 0.15) is 0 Å². The minimum Gasteiger partial charge on any atom is -1.00 e. The summed E-state index contributed by atoms with van der Waals surface area (Å²) in [6, 6.07) is 61.4. The monoisotopic (exact) mass is 808 g/mol. The van der Waals surface area contributed by atoms with Crippen molar-refractivity contribution in [2.45, 2.75) is 39.8 Å². The van der Waals surface area contributed by atoms with Crippen LogP contribution >= 0.6 is 0 Å². The fourth-order valence-corrected chi connectivity index (χ4v) is 6.54. The fraction of sp³-hybridized carbons (Fsp3) is 0.125. The molecule has 260 valence electrons. The molecule has 0 aromatic heterocycles. The second-order valence-electron chi connectivity index (χ2n) is 13.4. The van der Waals surface area contributed by atoms with Gasteiger partial charge in [0.05, 0.1) is 0 Å². The summed E-state index contributed by atoms with van der Waals surface area (Å²) in [5.41, 5.74) is 13.5. The smallest absolute Gasteiger partial charge is 0.00258 e. The SMILES string of the molecule is C[Si](C)=[Zr+2].Cc1cc2c(-c3ccc(Cc4ccccc4)cc3)cccc2[cH-]1.Cc1cc2c(-c3ccc(Cc4ccccc4)cc3)cccc2[cH-]1.[Cl-].[Cl-]. The van der Waals surface area contributed by atoms with Crippen LogP contribution in [0.3, 0.4) is 0 Å². The molecular formula is C48H44Cl2SiZr-2. The van der Waals surface area contributed by atoms with Crippen molar-refractivity contribution in [2.75, 3.05) is 0 Å². The number of fused-ring (bicyclic) bond motifs is 2.